The molecule has 1 fully saturated rings. The molecule has 0 amide bonds. The second-order valence-corrected chi connectivity index (χ2v) is 6.40. The molecule has 2 aromatic rings. The van der Waals surface area contributed by atoms with Crippen molar-refractivity contribution in [3.05, 3.63) is 24.3 Å². The molecule has 1 atom stereocenters. The van der Waals surface area contributed by atoms with Crippen molar-refractivity contribution in [2.45, 2.75) is 30.6 Å². The van der Waals surface area contributed by atoms with Gasteiger partial charge in [0.05, 0.1) is 16.8 Å². The Morgan fingerprint density at radius 1 is 1.48 bits per heavy atom. The summed E-state index contributed by atoms with van der Waals surface area (Å²) in [5.41, 5.74) is 2.02. The van der Waals surface area contributed by atoms with Crippen LogP contribution in [0.25, 0.3) is 11.0 Å². The fourth-order valence-corrected chi connectivity index (χ4v) is 3.63. The van der Waals surface area contributed by atoms with Crippen molar-refractivity contribution < 1.29 is 9.90 Å². The number of nitrogens with zero attached hydrogens (tertiary/aromatic N) is 3. The molecule has 1 aromatic carbocycles. The van der Waals surface area contributed by atoms with Crippen LogP contribution in [0.15, 0.2) is 29.4 Å². The lowest BCUT2D eigenvalue weighted by Crippen LogP contribution is -2.29. The lowest BCUT2D eigenvalue weighted by molar-refractivity contribution is -0.133. The second-order valence-electron chi connectivity index (χ2n) is 5.45. The molecule has 0 radical (unpaired) electrons. The topological polar surface area (TPSA) is 58.4 Å². The highest BCUT2D eigenvalue weighted by molar-refractivity contribution is 7.99. The van der Waals surface area contributed by atoms with Crippen LogP contribution in [0.3, 0.4) is 0 Å². The fourth-order valence-electron chi connectivity index (χ4n) is 2.89. The number of hydrogen-bond donors (Lipinski definition) is 1. The molecule has 0 aliphatic carbocycles. The number of likely N-dealkylation sites (tertiary alicyclic amines) is 1. The predicted molar refractivity (Wildman–Crippen MR) is 83.7 cm³/mol. The number of benzene rings is 1. The minimum Gasteiger partial charge on any atom is -0.481 e. The summed E-state index contributed by atoms with van der Waals surface area (Å²) in [5, 5.41) is 9.71. The summed E-state index contributed by atoms with van der Waals surface area (Å²) in [7, 11) is 2.15. The minimum atomic E-state index is -0.809. The Balaban J connectivity index is 1.92. The zero-order chi connectivity index (χ0) is 14.8. The van der Waals surface area contributed by atoms with Gasteiger partial charge >= 0.3 is 5.97 Å². The molecule has 1 aromatic heterocycles. The summed E-state index contributed by atoms with van der Waals surface area (Å²) in [6, 6.07) is 8.51. The Hall–Kier alpha value is -1.53. The SMILES string of the molecule is CN1CCCC1Cn1c(SCC(=O)O)nc2ccccc21. The molecular formula is C15H19N3O2S. The molecule has 1 N–H and O–H groups in total. The van der Waals surface area contributed by atoms with Gasteiger partial charge in [-0.15, -0.1) is 0 Å². The lowest BCUT2D eigenvalue weighted by atomic mass is 10.2. The summed E-state index contributed by atoms with van der Waals surface area (Å²) in [6.45, 7) is 2.01. The van der Waals surface area contributed by atoms with Crippen molar-refractivity contribution in [1.82, 2.24) is 14.5 Å². The van der Waals surface area contributed by atoms with Gasteiger partial charge < -0.3 is 14.6 Å². The number of carbonyl (C=O) groups is 1. The second kappa shape index (κ2) is 6.07. The van der Waals surface area contributed by atoms with Crippen LogP contribution in [0.4, 0.5) is 0 Å². The van der Waals surface area contributed by atoms with Crippen LogP contribution in [0.2, 0.25) is 0 Å². The molecule has 5 nitrogen and oxygen atoms in total. The monoisotopic (exact) mass is 305 g/mol. The molecule has 21 heavy (non-hydrogen) atoms. The van der Waals surface area contributed by atoms with E-state index in [9.17, 15) is 4.79 Å². The first-order valence-electron chi connectivity index (χ1n) is 7.15. The maximum atomic E-state index is 10.8. The maximum absolute atomic E-state index is 10.8. The molecule has 112 valence electrons. The molecule has 6 heteroatoms. The average Bonchev–Trinajstić information content (AvgIpc) is 3.02. The van der Waals surface area contributed by atoms with Crippen LogP contribution in [0.1, 0.15) is 12.8 Å². The van der Waals surface area contributed by atoms with Gasteiger partial charge in [0.1, 0.15) is 0 Å². The number of thioether (sulfide) groups is 1. The zero-order valence-electron chi connectivity index (χ0n) is 12.0. The largest absolute Gasteiger partial charge is 0.481 e. The first-order valence-corrected chi connectivity index (χ1v) is 8.14. The molecule has 3 rings (SSSR count). The molecule has 2 heterocycles. The van der Waals surface area contributed by atoms with Crippen LogP contribution >= 0.6 is 11.8 Å². The third kappa shape index (κ3) is 3.06. The van der Waals surface area contributed by atoms with Crippen molar-refractivity contribution in [2.75, 3.05) is 19.3 Å². The van der Waals surface area contributed by atoms with Crippen molar-refractivity contribution in [2.24, 2.45) is 0 Å². The number of rotatable bonds is 5. The van der Waals surface area contributed by atoms with Gasteiger partial charge in [-0.05, 0) is 38.6 Å². The van der Waals surface area contributed by atoms with Crippen molar-refractivity contribution in [3.8, 4) is 0 Å². The van der Waals surface area contributed by atoms with Crippen LogP contribution < -0.4 is 0 Å². The average molecular weight is 305 g/mol. The summed E-state index contributed by atoms with van der Waals surface area (Å²) < 4.78 is 2.18. The van der Waals surface area contributed by atoms with E-state index in [1.807, 2.05) is 18.2 Å². The molecule has 0 bridgehead atoms. The maximum Gasteiger partial charge on any atom is 0.313 e. The van der Waals surface area contributed by atoms with E-state index < -0.39 is 5.97 Å². The van der Waals surface area contributed by atoms with E-state index in [1.54, 1.807) is 0 Å². The van der Waals surface area contributed by atoms with Crippen LogP contribution in [0, 0.1) is 0 Å². The van der Waals surface area contributed by atoms with E-state index >= 15 is 0 Å². The van der Waals surface area contributed by atoms with Gasteiger partial charge in [-0.25, -0.2) is 4.98 Å². The normalized spacial score (nSPS) is 19.4. The number of carboxylic acid groups (broad SMARTS) is 1. The molecule has 1 aliphatic heterocycles. The molecule has 1 saturated heterocycles. The Labute approximate surface area is 128 Å². The van der Waals surface area contributed by atoms with E-state index in [1.165, 1.54) is 24.6 Å². The van der Waals surface area contributed by atoms with Crippen LogP contribution in [-0.4, -0.2) is 50.9 Å². The molecular weight excluding hydrogens is 286 g/mol. The summed E-state index contributed by atoms with van der Waals surface area (Å²) in [4.78, 5) is 17.8. The summed E-state index contributed by atoms with van der Waals surface area (Å²) in [5.74, 6) is -0.763. The van der Waals surface area contributed by atoms with Crippen molar-refractivity contribution in [1.29, 1.82) is 0 Å². The molecule has 1 unspecified atom stereocenters. The van der Waals surface area contributed by atoms with Gasteiger partial charge in [0, 0.05) is 12.6 Å². The Morgan fingerprint density at radius 2 is 2.29 bits per heavy atom. The molecule has 0 saturated carbocycles. The Morgan fingerprint density at radius 3 is 3.00 bits per heavy atom. The number of hydrogen-bond acceptors (Lipinski definition) is 4. The zero-order valence-corrected chi connectivity index (χ0v) is 12.8. The number of aromatic nitrogens is 2. The predicted octanol–water partition coefficient (Wildman–Crippen LogP) is 2.31. The standard InChI is InChI=1S/C15H19N3O2S/c1-17-8-4-5-11(17)9-18-13-7-3-2-6-12(13)16-15(18)21-10-14(19)20/h2-3,6-7,11H,4-5,8-10H2,1H3,(H,19,20). The van der Waals surface area contributed by atoms with E-state index in [-0.39, 0.29) is 5.75 Å². The first kappa shape index (κ1) is 14.4. The summed E-state index contributed by atoms with van der Waals surface area (Å²) >= 11 is 1.30. The van der Waals surface area contributed by atoms with Gasteiger partial charge in [-0.2, -0.15) is 0 Å². The highest BCUT2D eigenvalue weighted by atomic mass is 32.2. The Kier molecular flexibility index (Phi) is 4.17. The van der Waals surface area contributed by atoms with E-state index in [2.05, 4.69) is 27.6 Å². The summed E-state index contributed by atoms with van der Waals surface area (Å²) in [6.07, 6.45) is 2.41. The van der Waals surface area contributed by atoms with E-state index in [0.717, 1.165) is 29.3 Å². The third-order valence-corrected chi connectivity index (χ3v) is 4.97. The van der Waals surface area contributed by atoms with Crippen LogP contribution in [0.5, 0.6) is 0 Å². The van der Waals surface area contributed by atoms with Crippen molar-refractivity contribution >= 4 is 28.8 Å². The van der Waals surface area contributed by atoms with Gasteiger partial charge in [-0.3, -0.25) is 4.79 Å². The van der Waals surface area contributed by atoms with E-state index in [0.29, 0.717) is 6.04 Å². The van der Waals surface area contributed by atoms with E-state index in [4.69, 9.17) is 5.11 Å². The molecule has 0 spiro atoms. The number of imidazole rings is 1. The number of aliphatic carboxylic acids is 1. The number of para-hydroxylation sites is 2. The van der Waals surface area contributed by atoms with Gasteiger partial charge in [0.2, 0.25) is 0 Å². The quantitative estimate of drug-likeness (QED) is 0.859. The minimum absolute atomic E-state index is 0.0455. The first-order chi connectivity index (χ1) is 10.1. The van der Waals surface area contributed by atoms with Gasteiger partial charge in [0.25, 0.3) is 0 Å². The van der Waals surface area contributed by atoms with Crippen molar-refractivity contribution in [3.63, 3.8) is 0 Å². The Bertz CT molecular complexity index is 655. The smallest absolute Gasteiger partial charge is 0.313 e. The third-order valence-electron chi connectivity index (χ3n) is 4.01. The fraction of sp³-hybridized carbons (Fsp3) is 0.467. The lowest BCUT2D eigenvalue weighted by Gasteiger charge is -2.21. The van der Waals surface area contributed by atoms with Gasteiger partial charge in [-0.1, -0.05) is 23.9 Å². The number of fused-ring (bicyclic) bond motifs is 1. The van der Waals surface area contributed by atoms with Crippen LogP contribution in [-0.2, 0) is 11.3 Å². The number of likely N-dealkylation sites (N-methyl/N-ethyl adjacent to an activating group) is 1. The molecule has 1 aliphatic rings. The highest BCUT2D eigenvalue weighted by Crippen LogP contribution is 2.26. The highest BCUT2D eigenvalue weighted by Gasteiger charge is 2.23. The van der Waals surface area contributed by atoms with Gasteiger partial charge in [0.15, 0.2) is 5.16 Å². The number of carboxylic acids is 1.